The van der Waals surface area contributed by atoms with Gasteiger partial charge in [-0.1, -0.05) is 37.0 Å². The number of nitrogens with zero attached hydrogens (tertiary/aromatic N) is 1. The summed E-state index contributed by atoms with van der Waals surface area (Å²) in [5.41, 5.74) is 0. The highest BCUT2D eigenvalue weighted by Crippen LogP contribution is 2.26. The summed E-state index contributed by atoms with van der Waals surface area (Å²) in [6, 6.07) is 4.32. The molecule has 1 amide bonds. The molecule has 146 valence electrons. The molecule has 0 aliphatic carbocycles. The maximum atomic E-state index is 12.7. The molecule has 26 heavy (non-hydrogen) atoms. The molecule has 1 saturated heterocycles. The van der Waals surface area contributed by atoms with E-state index < -0.39 is 10.0 Å². The van der Waals surface area contributed by atoms with Crippen LogP contribution in [0, 0.1) is 5.92 Å². The summed E-state index contributed by atoms with van der Waals surface area (Å²) in [5, 5.41) is 3.46. The monoisotopic (exact) mass is 422 g/mol. The van der Waals surface area contributed by atoms with Crippen LogP contribution in [0.25, 0.3) is 0 Å². The molecule has 9 heteroatoms. The Morgan fingerprint density at radius 1 is 1.23 bits per heavy atom. The van der Waals surface area contributed by atoms with E-state index in [-0.39, 0.29) is 15.8 Å². The number of halogens is 2. The molecule has 6 nitrogen and oxygen atoms in total. The summed E-state index contributed by atoms with van der Waals surface area (Å²) < 4.78 is 26.9. The summed E-state index contributed by atoms with van der Waals surface area (Å²) in [4.78, 5) is 13.2. The first-order valence-corrected chi connectivity index (χ1v) is 10.9. The highest BCUT2D eigenvalue weighted by molar-refractivity contribution is 7.89. The topological polar surface area (TPSA) is 70.9 Å². The summed E-state index contributed by atoms with van der Waals surface area (Å²) in [6.07, 6.45) is 0.955. The minimum Gasteiger partial charge on any atom is -0.351 e. The normalized spacial score (nSPS) is 16.8. The molecule has 0 radical (unpaired) electrons. The van der Waals surface area contributed by atoms with Crippen LogP contribution in [0.3, 0.4) is 0 Å². The average Bonchev–Trinajstić information content (AvgIpc) is 2.57. The number of piperazine rings is 1. The Labute approximate surface area is 165 Å². The van der Waals surface area contributed by atoms with E-state index in [1.165, 1.54) is 22.5 Å². The second kappa shape index (κ2) is 9.37. The summed E-state index contributed by atoms with van der Waals surface area (Å²) in [7, 11) is -3.60. The van der Waals surface area contributed by atoms with Crippen molar-refractivity contribution in [1.82, 2.24) is 9.62 Å². The van der Waals surface area contributed by atoms with Crippen molar-refractivity contribution >= 4 is 39.1 Å². The summed E-state index contributed by atoms with van der Waals surface area (Å²) in [5.74, 6) is 0.569. The van der Waals surface area contributed by atoms with Gasteiger partial charge in [0.2, 0.25) is 10.0 Å². The summed E-state index contributed by atoms with van der Waals surface area (Å²) in [6.45, 7) is 7.22. The van der Waals surface area contributed by atoms with Crippen molar-refractivity contribution in [3.63, 3.8) is 0 Å². The van der Waals surface area contributed by atoms with E-state index in [9.17, 15) is 13.2 Å². The van der Waals surface area contributed by atoms with E-state index in [2.05, 4.69) is 19.2 Å². The first-order chi connectivity index (χ1) is 12.2. The molecule has 0 saturated carbocycles. The number of rotatable bonds is 7. The first-order valence-electron chi connectivity index (χ1n) is 8.75. The van der Waals surface area contributed by atoms with Crippen molar-refractivity contribution in [2.24, 2.45) is 5.92 Å². The van der Waals surface area contributed by atoms with Crippen LogP contribution in [0.15, 0.2) is 23.1 Å². The molecule has 2 rings (SSSR count). The maximum Gasteiger partial charge on any atom is 0.275 e. The van der Waals surface area contributed by atoms with Crippen molar-refractivity contribution in [3.05, 3.63) is 28.2 Å². The molecule has 1 heterocycles. The fourth-order valence-electron chi connectivity index (χ4n) is 2.80. The van der Waals surface area contributed by atoms with E-state index >= 15 is 0 Å². The van der Waals surface area contributed by atoms with E-state index in [1.807, 2.05) is 0 Å². The lowest BCUT2D eigenvalue weighted by Gasteiger charge is -2.31. The highest BCUT2D eigenvalue weighted by atomic mass is 35.5. The third-order valence-electron chi connectivity index (χ3n) is 4.41. The van der Waals surface area contributed by atoms with Crippen LogP contribution in [0.5, 0.6) is 0 Å². The molecule has 1 aliphatic heterocycles. The van der Waals surface area contributed by atoms with Gasteiger partial charge in [0.25, 0.3) is 5.91 Å². The molecular formula is C17H26Cl2N3O3S+. The van der Waals surface area contributed by atoms with Crippen LogP contribution in [0.1, 0.15) is 20.3 Å². The van der Waals surface area contributed by atoms with Crippen molar-refractivity contribution in [2.75, 3.05) is 39.3 Å². The van der Waals surface area contributed by atoms with Crippen molar-refractivity contribution in [1.29, 1.82) is 0 Å². The van der Waals surface area contributed by atoms with E-state index in [1.54, 1.807) is 0 Å². The molecule has 1 aromatic rings. The summed E-state index contributed by atoms with van der Waals surface area (Å²) >= 11 is 11.8. The number of hydrogen-bond donors (Lipinski definition) is 2. The molecule has 0 unspecified atom stereocenters. The minimum absolute atomic E-state index is 0.0152. The fourth-order valence-corrected chi connectivity index (χ4v) is 4.63. The lowest BCUT2D eigenvalue weighted by Crippen LogP contribution is -3.15. The maximum absolute atomic E-state index is 12.7. The Morgan fingerprint density at radius 3 is 2.46 bits per heavy atom. The Morgan fingerprint density at radius 2 is 1.88 bits per heavy atom. The number of carbonyl (C=O) groups excluding carboxylic acids is 1. The van der Waals surface area contributed by atoms with Crippen LogP contribution in [-0.2, 0) is 14.8 Å². The van der Waals surface area contributed by atoms with Crippen LogP contribution in [0.2, 0.25) is 10.0 Å². The van der Waals surface area contributed by atoms with Crippen LogP contribution >= 0.6 is 23.2 Å². The van der Waals surface area contributed by atoms with Gasteiger partial charge in [0.15, 0.2) is 6.54 Å². The number of benzene rings is 1. The van der Waals surface area contributed by atoms with Gasteiger partial charge in [-0.25, -0.2) is 8.42 Å². The zero-order valence-electron chi connectivity index (χ0n) is 15.1. The van der Waals surface area contributed by atoms with Crippen LogP contribution < -0.4 is 10.2 Å². The van der Waals surface area contributed by atoms with Crippen LogP contribution in [-0.4, -0.2) is 57.9 Å². The fraction of sp³-hybridized carbons (Fsp3) is 0.588. The standard InChI is InChI=1S/C17H25Cl2N3O3S/c1-13(2)5-6-20-17(23)12-21-7-9-22(10-8-21)26(24,25)14-3-4-15(18)16(19)11-14/h3-4,11,13H,5-10,12H2,1-2H3,(H,20,23)/p+1. The Bertz CT molecular complexity index is 733. The number of carbonyl (C=O) groups is 1. The molecule has 0 bridgehead atoms. The van der Waals surface area contributed by atoms with Gasteiger partial charge < -0.3 is 10.2 Å². The van der Waals surface area contributed by atoms with Gasteiger partial charge in [-0.05, 0) is 30.5 Å². The largest absolute Gasteiger partial charge is 0.351 e. The number of hydrogen-bond acceptors (Lipinski definition) is 3. The number of quaternary nitrogens is 1. The lowest BCUT2D eigenvalue weighted by molar-refractivity contribution is -0.895. The predicted molar refractivity (Wildman–Crippen MR) is 103 cm³/mol. The Kier molecular flexibility index (Phi) is 7.73. The molecule has 2 N–H and O–H groups in total. The van der Waals surface area contributed by atoms with Crippen molar-refractivity contribution < 1.29 is 18.1 Å². The lowest BCUT2D eigenvalue weighted by atomic mass is 10.1. The molecule has 0 aromatic heterocycles. The zero-order chi connectivity index (χ0) is 19.3. The van der Waals surface area contributed by atoms with Crippen LogP contribution in [0.4, 0.5) is 0 Å². The van der Waals surface area contributed by atoms with E-state index in [0.717, 1.165) is 11.3 Å². The first kappa shape index (κ1) is 21.4. The molecule has 1 aliphatic rings. The Hall–Kier alpha value is -0.860. The second-order valence-electron chi connectivity index (χ2n) is 6.94. The van der Waals surface area contributed by atoms with E-state index in [4.69, 9.17) is 23.2 Å². The minimum atomic E-state index is -3.60. The van der Waals surface area contributed by atoms with Gasteiger partial charge >= 0.3 is 0 Å². The quantitative estimate of drug-likeness (QED) is 0.689. The second-order valence-corrected chi connectivity index (χ2v) is 9.69. The molecular weight excluding hydrogens is 397 g/mol. The number of sulfonamides is 1. The van der Waals surface area contributed by atoms with Gasteiger partial charge in [0, 0.05) is 6.54 Å². The van der Waals surface area contributed by atoms with Gasteiger partial charge in [0.1, 0.15) is 0 Å². The average molecular weight is 423 g/mol. The number of nitrogens with one attached hydrogen (secondary N) is 2. The predicted octanol–water partition coefficient (Wildman–Crippen LogP) is 1.04. The Balaban J connectivity index is 1.87. The molecule has 0 spiro atoms. The molecule has 0 atom stereocenters. The smallest absolute Gasteiger partial charge is 0.275 e. The van der Waals surface area contributed by atoms with Gasteiger partial charge in [-0.2, -0.15) is 4.31 Å². The number of amides is 1. The van der Waals surface area contributed by atoms with Crippen molar-refractivity contribution in [2.45, 2.75) is 25.2 Å². The van der Waals surface area contributed by atoms with Gasteiger partial charge in [-0.15, -0.1) is 0 Å². The molecule has 1 aromatic carbocycles. The van der Waals surface area contributed by atoms with E-state index in [0.29, 0.717) is 50.2 Å². The third-order valence-corrected chi connectivity index (χ3v) is 7.05. The van der Waals surface area contributed by atoms with Gasteiger partial charge in [0.05, 0.1) is 41.1 Å². The highest BCUT2D eigenvalue weighted by Gasteiger charge is 2.31. The zero-order valence-corrected chi connectivity index (χ0v) is 17.4. The molecule has 1 fully saturated rings. The van der Waals surface area contributed by atoms with Crippen molar-refractivity contribution in [3.8, 4) is 0 Å². The third kappa shape index (κ3) is 5.82. The van der Waals surface area contributed by atoms with Gasteiger partial charge in [-0.3, -0.25) is 4.79 Å². The SMILES string of the molecule is CC(C)CCNC(=O)C[NH+]1CCN(S(=O)(=O)c2ccc(Cl)c(Cl)c2)CC1.